The van der Waals surface area contributed by atoms with Crippen LogP contribution >= 0.6 is 0 Å². The molecular formula is C15H20N2. The van der Waals surface area contributed by atoms with E-state index in [-0.39, 0.29) is 0 Å². The number of anilines is 1. The average Bonchev–Trinajstić information content (AvgIpc) is 2.38. The second-order valence-electron chi connectivity index (χ2n) is 4.92. The van der Waals surface area contributed by atoms with Crippen LogP contribution in [0.3, 0.4) is 0 Å². The summed E-state index contributed by atoms with van der Waals surface area (Å²) in [6, 6.07) is 8.31. The summed E-state index contributed by atoms with van der Waals surface area (Å²) < 4.78 is 0. The number of hydrogen-bond acceptors (Lipinski definition) is 2. The van der Waals surface area contributed by atoms with Crippen molar-refractivity contribution in [2.45, 2.75) is 33.1 Å². The minimum Gasteiger partial charge on any atom is -0.370 e. The van der Waals surface area contributed by atoms with Gasteiger partial charge in [-0.2, -0.15) is 5.26 Å². The average molecular weight is 228 g/mol. The molecule has 1 heterocycles. The Balaban J connectivity index is 2.21. The molecule has 1 aromatic carbocycles. The molecule has 90 valence electrons. The first-order valence-electron chi connectivity index (χ1n) is 6.51. The van der Waals surface area contributed by atoms with E-state index in [0.717, 1.165) is 30.3 Å². The van der Waals surface area contributed by atoms with Gasteiger partial charge in [0.1, 0.15) is 6.07 Å². The highest BCUT2D eigenvalue weighted by molar-refractivity contribution is 5.64. The molecule has 0 radical (unpaired) electrons. The highest BCUT2D eigenvalue weighted by atomic mass is 15.1. The number of benzene rings is 1. The number of para-hydroxylation sites is 1. The first-order valence-corrected chi connectivity index (χ1v) is 6.51. The maximum atomic E-state index is 9.20. The first-order chi connectivity index (χ1) is 8.26. The normalized spacial score (nSPS) is 16.9. The highest BCUT2D eigenvalue weighted by Gasteiger charge is 2.20. The Kier molecular flexibility index (Phi) is 3.68. The molecule has 0 atom stereocenters. The van der Waals surface area contributed by atoms with Crippen LogP contribution < -0.4 is 4.90 Å². The van der Waals surface area contributed by atoms with Crippen molar-refractivity contribution in [2.24, 2.45) is 5.92 Å². The van der Waals surface area contributed by atoms with Crippen LogP contribution in [0.5, 0.6) is 0 Å². The first kappa shape index (κ1) is 12.0. The number of rotatable bonds is 2. The fraction of sp³-hybridized carbons (Fsp3) is 0.533. The summed E-state index contributed by atoms with van der Waals surface area (Å²) in [5.74, 6) is 0.876. The zero-order valence-electron chi connectivity index (χ0n) is 10.7. The zero-order chi connectivity index (χ0) is 12.3. The number of hydrogen-bond donors (Lipinski definition) is 0. The van der Waals surface area contributed by atoms with Gasteiger partial charge in [-0.1, -0.05) is 25.5 Å². The second kappa shape index (κ2) is 5.23. The van der Waals surface area contributed by atoms with Crippen molar-refractivity contribution in [1.29, 1.82) is 5.26 Å². The summed E-state index contributed by atoms with van der Waals surface area (Å²) in [6.45, 7) is 6.56. The molecule has 0 amide bonds. The van der Waals surface area contributed by atoms with Gasteiger partial charge in [0.25, 0.3) is 0 Å². The van der Waals surface area contributed by atoms with E-state index in [1.54, 1.807) is 0 Å². The number of piperidine rings is 1. The van der Waals surface area contributed by atoms with Crippen LogP contribution in [0.25, 0.3) is 0 Å². The molecule has 1 fully saturated rings. The number of nitrogens with zero attached hydrogens (tertiary/aromatic N) is 2. The molecule has 2 heteroatoms. The van der Waals surface area contributed by atoms with E-state index in [1.807, 2.05) is 12.1 Å². The number of aryl methyl sites for hydroxylation is 1. The maximum Gasteiger partial charge on any atom is 0.101 e. The zero-order valence-corrected chi connectivity index (χ0v) is 10.7. The second-order valence-corrected chi connectivity index (χ2v) is 4.92. The molecule has 1 saturated heterocycles. The van der Waals surface area contributed by atoms with Crippen molar-refractivity contribution in [3.05, 3.63) is 29.3 Å². The van der Waals surface area contributed by atoms with Crippen LogP contribution in [-0.2, 0) is 0 Å². The summed E-state index contributed by atoms with van der Waals surface area (Å²) in [6.07, 6.45) is 3.80. The Hall–Kier alpha value is -1.49. The molecule has 0 saturated carbocycles. The van der Waals surface area contributed by atoms with Gasteiger partial charge in [-0.05, 0) is 37.3 Å². The lowest BCUT2D eigenvalue weighted by atomic mass is 9.93. The lowest BCUT2D eigenvalue weighted by molar-refractivity contribution is 0.395. The van der Waals surface area contributed by atoms with Crippen LogP contribution in [-0.4, -0.2) is 13.1 Å². The SMILES string of the molecule is CCC1CCN(c2c(C)cccc2C#N)CC1. The standard InChI is InChI=1S/C15H20N2/c1-3-13-7-9-17(10-8-13)15-12(2)5-4-6-14(15)11-16/h4-6,13H,3,7-10H2,1-2H3. The van der Waals surface area contributed by atoms with Crippen LogP contribution in [0.1, 0.15) is 37.3 Å². The fourth-order valence-corrected chi connectivity index (χ4v) is 2.73. The molecule has 1 aliphatic rings. The van der Waals surface area contributed by atoms with E-state index in [1.165, 1.54) is 24.8 Å². The Morgan fingerprint density at radius 1 is 1.35 bits per heavy atom. The molecule has 2 nitrogen and oxygen atoms in total. The molecule has 0 aliphatic carbocycles. The van der Waals surface area contributed by atoms with Crippen LogP contribution in [0.4, 0.5) is 5.69 Å². The third kappa shape index (κ3) is 2.44. The predicted molar refractivity (Wildman–Crippen MR) is 71.1 cm³/mol. The molecular weight excluding hydrogens is 208 g/mol. The molecule has 0 unspecified atom stereocenters. The van der Waals surface area contributed by atoms with Crippen molar-refractivity contribution in [1.82, 2.24) is 0 Å². The molecule has 1 aliphatic heterocycles. The van der Waals surface area contributed by atoms with E-state index in [2.05, 4.69) is 30.9 Å². The van der Waals surface area contributed by atoms with Crippen molar-refractivity contribution in [3.63, 3.8) is 0 Å². The Bertz CT molecular complexity index is 423. The smallest absolute Gasteiger partial charge is 0.101 e. The van der Waals surface area contributed by atoms with Crippen LogP contribution in [0.15, 0.2) is 18.2 Å². The Morgan fingerprint density at radius 3 is 2.65 bits per heavy atom. The van der Waals surface area contributed by atoms with Gasteiger partial charge in [0.05, 0.1) is 11.3 Å². The lowest BCUT2D eigenvalue weighted by Crippen LogP contribution is -2.34. The molecule has 0 aromatic heterocycles. The van der Waals surface area contributed by atoms with Gasteiger partial charge in [-0.3, -0.25) is 0 Å². The van der Waals surface area contributed by atoms with Crippen LogP contribution in [0, 0.1) is 24.2 Å². The van der Waals surface area contributed by atoms with Gasteiger partial charge < -0.3 is 4.90 Å². The summed E-state index contributed by atoms with van der Waals surface area (Å²) in [7, 11) is 0. The van der Waals surface area contributed by atoms with Gasteiger partial charge in [0, 0.05) is 13.1 Å². The highest BCUT2D eigenvalue weighted by Crippen LogP contribution is 2.29. The summed E-state index contributed by atoms with van der Waals surface area (Å²) >= 11 is 0. The molecule has 2 rings (SSSR count). The quantitative estimate of drug-likeness (QED) is 0.774. The van der Waals surface area contributed by atoms with Crippen molar-refractivity contribution >= 4 is 5.69 Å². The van der Waals surface area contributed by atoms with E-state index >= 15 is 0 Å². The predicted octanol–water partition coefficient (Wildman–Crippen LogP) is 3.49. The monoisotopic (exact) mass is 228 g/mol. The fourth-order valence-electron chi connectivity index (χ4n) is 2.73. The van der Waals surface area contributed by atoms with Gasteiger partial charge in [0.2, 0.25) is 0 Å². The van der Waals surface area contributed by atoms with Gasteiger partial charge in [0.15, 0.2) is 0 Å². The lowest BCUT2D eigenvalue weighted by Gasteiger charge is -2.34. The number of nitriles is 1. The third-order valence-electron chi connectivity index (χ3n) is 3.87. The Morgan fingerprint density at radius 2 is 2.06 bits per heavy atom. The van der Waals surface area contributed by atoms with Crippen molar-refractivity contribution in [2.75, 3.05) is 18.0 Å². The maximum absolute atomic E-state index is 9.20. The van der Waals surface area contributed by atoms with E-state index in [4.69, 9.17) is 0 Å². The van der Waals surface area contributed by atoms with Gasteiger partial charge in [-0.25, -0.2) is 0 Å². The largest absolute Gasteiger partial charge is 0.370 e. The Labute approximate surface area is 104 Å². The van der Waals surface area contributed by atoms with Crippen LogP contribution in [0.2, 0.25) is 0 Å². The summed E-state index contributed by atoms with van der Waals surface area (Å²) in [5.41, 5.74) is 3.20. The minimum absolute atomic E-state index is 0.819. The molecule has 17 heavy (non-hydrogen) atoms. The summed E-state index contributed by atoms with van der Waals surface area (Å²) in [4.78, 5) is 2.39. The molecule has 1 aromatic rings. The van der Waals surface area contributed by atoms with Gasteiger partial charge in [-0.15, -0.1) is 0 Å². The molecule has 0 N–H and O–H groups in total. The van der Waals surface area contributed by atoms with E-state index < -0.39 is 0 Å². The van der Waals surface area contributed by atoms with E-state index in [0.29, 0.717) is 0 Å². The van der Waals surface area contributed by atoms with E-state index in [9.17, 15) is 5.26 Å². The third-order valence-corrected chi connectivity index (χ3v) is 3.87. The van der Waals surface area contributed by atoms with Gasteiger partial charge >= 0.3 is 0 Å². The molecule has 0 spiro atoms. The molecule has 0 bridgehead atoms. The van der Waals surface area contributed by atoms with Crippen molar-refractivity contribution < 1.29 is 0 Å². The van der Waals surface area contributed by atoms with Crippen molar-refractivity contribution in [3.8, 4) is 6.07 Å². The minimum atomic E-state index is 0.819. The summed E-state index contributed by atoms with van der Waals surface area (Å²) in [5, 5.41) is 9.20. The topological polar surface area (TPSA) is 27.0 Å².